The molecule has 2 N–H and O–H groups in total. The lowest BCUT2D eigenvalue weighted by Gasteiger charge is -2.12. The molecule has 0 bridgehead atoms. The Morgan fingerprint density at radius 3 is 2.64 bits per heavy atom. The van der Waals surface area contributed by atoms with Crippen LogP contribution in [0, 0.1) is 5.41 Å². The van der Waals surface area contributed by atoms with Gasteiger partial charge in [-0.15, -0.1) is 0 Å². The van der Waals surface area contributed by atoms with Gasteiger partial charge in [-0.1, -0.05) is 13.8 Å². The van der Waals surface area contributed by atoms with E-state index in [2.05, 4.69) is 24.5 Å². The summed E-state index contributed by atoms with van der Waals surface area (Å²) in [4.78, 5) is 11.5. The van der Waals surface area contributed by atoms with Gasteiger partial charge in [-0.05, 0) is 18.3 Å². The summed E-state index contributed by atoms with van der Waals surface area (Å²) in [5, 5.41) is 5.88. The first-order valence-corrected chi connectivity index (χ1v) is 5.23. The Morgan fingerprint density at radius 1 is 1.43 bits per heavy atom. The van der Waals surface area contributed by atoms with Crippen molar-refractivity contribution in [3.05, 3.63) is 0 Å². The molecule has 0 radical (unpaired) electrons. The maximum atomic E-state index is 11.5. The number of hydrogen-bond donors (Lipinski definition) is 2. The van der Waals surface area contributed by atoms with Gasteiger partial charge in [0.15, 0.2) is 0 Å². The Balaban J connectivity index is 1.69. The molecule has 4 nitrogen and oxygen atoms in total. The van der Waals surface area contributed by atoms with E-state index in [0.29, 0.717) is 18.1 Å². The van der Waals surface area contributed by atoms with Crippen LogP contribution < -0.4 is 10.6 Å². The third kappa shape index (κ3) is 2.18. The topological polar surface area (TPSA) is 50.4 Å². The average Bonchev–Trinajstić information content (AvgIpc) is 2.49. The largest absolute Gasteiger partial charge is 0.379 e. The van der Waals surface area contributed by atoms with Gasteiger partial charge in [-0.2, -0.15) is 0 Å². The maximum Gasteiger partial charge on any atom is 0.315 e. The van der Waals surface area contributed by atoms with Crippen LogP contribution in [0.4, 0.5) is 4.79 Å². The first-order chi connectivity index (χ1) is 6.58. The van der Waals surface area contributed by atoms with E-state index in [1.807, 2.05) is 0 Å². The van der Waals surface area contributed by atoms with Crippen LogP contribution in [0.25, 0.3) is 0 Å². The van der Waals surface area contributed by atoms with Gasteiger partial charge in [0.2, 0.25) is 0 Å². The molecule has 2 atom stereocenters. The molecule has 1 saturated heterocycles. The van der Waals surface area contributed by atoms with Crippen molar-refractivity contribution in [1.82, 2.24) is 10.6 Å². The zero-order chi connectivity index (χ0) is 10.2. The molecule has 2 rings (SSSR count). The molecular formula is C10H18N2O2. The minimum Gasteiger partial charge on any atom is -0.379 e. The Kier molecular flexibility index (Phi) is 2.39. The van der Waals surface area contributed by atoms with Gasteiger partial charge < -0.3 is 15.4 Å². The number of amides is 2. The van der Waals surface area contributed by atoms with Crippen LogP contribution in [0.15, 0.2) is 0 Å². The van der Waals surface area contributed by atoms with Crippen molar-refractivity contribution in [1.29, 1.82) is 0 Å². The van der Waals surface area contributed by atoms with Crippen molar-refractivity contribution in [3.63, 3.8) is 0 Å². The van der Waals surface area contributed by atoms with Crippen LogP contribution in [-0.4, -0.2) is 31.3 Å². The van der Waals surface area contributed by atoms with Gasteiger partial charge in [-0.25, -0.2) is 4.79 Å². The molecule has 1 aliphatic carbocycles. The molecule has 0 aromatic heterocycles. The van der Waals surface area contributed by atoms with Crippen LogP contribution >= 0.6 is 0 Å². The standard InChI is InChI=1S/C10H18N2O2/c1-10(2)5-8(10)12-9(13)11-7-3-4-14-6-7/h7-8H,3-6H2,1-2H3,(H2,11,12,13). The summed E-state index contributed by atoms with van der Waals surface area (Å²) in [6, 6.07) is 0.512. The lowest BCUT2D eigenvalue weighted by Crippen LogP contribution is -2.44. The van der Waals surface area contributed by atoms with Gasteiger partial charge in [0, 0.05) is 12.6 Å². The number of hydrogen-bond acceptors (Lipinski definition) is 2. The number of rotatable bonds is 2. The molecule has 14 heavy (non-hydrogen) atoms. The van der Waals surface area contributed by atoms with Crippen LogP contribution in [0.3, 0.4) is 0 Å². The second-order valence-corrected chi connectivity index (χ2v) is 4.92. The smallest absolute Gasteiger partial charge is 0.315 e. The molecule has 1 aliphatic heterocycles. The summed E-state index contributed by atoms with van der Waals surface area (Å²) >= 11 is 0. The molecule has 1 saturated carbocycles. The predicted molar refractivity (Wildman–Crippen MR) is 53.1 cm³/mol. The fourth-order valence-electron chi connectivity index (χ4n) is 1.75. The zero-order valence-corrected chi connectivity index (χ0v) is 8.80. The van der Waals surface area contributed by atoms with Crippen LogP contribution in [-0.2, 0) is 4.74 Å². The fraction of sp³-hybridized carbons (Fsp3) is 0.900. The highest BCUT2D eigenvalue weighted by molar-refractivity contribution is 5.75. The van der Waals surface area contributed by atoms with E-state index in [4.69, 9.17) is 4.74 Å². The van der Waals surface area contributed by atoms with Crippen LogP contribution in [0.2, 0.25) is 0 Å². The van der Waals surface area contributed by atoms with E-state index in [-0.39, 0.29) is 12.1 Å². The van der Waals surface area contributed by atoms with Crippen molar-refractivity contribution in [3.8, 4) is 0 Å². The van der Waals surface area contributed by atoms with Crippen molar-refractivity contribution in [2.75, 3.05) is 13.2 Å². The molecule has 0 spiro atoms. The Hall–Kier alpha value is -0.770. The van der Waals surface area contributed by atoms with E-state index in [0.717, 1.165) is 19.4 Å². The SMILES string of the molecule is CC1(C)CC1NC(=O)NC1CCOC1. The number of carbonyl (C=O) groups is 1. The third-order valence-electron chi connectivity index (χ3n) is 3.08. The molecular weight excluding hydrogens is 180 g/mol. The number of nitrogens with one attached hydrogen (secondary N) is 2. The summed E-state index contributed by atoms with van der Waals surface area (Å²) in [5.74, 6) is 0. The summed E-state index contributed by atoms with van der Waals surface area (Å²) in [7, 11) is 0. The summed E-state index contributed by atoms with van der Waals surface area (Å²) < 4.78 is 5.18. The molecule has 1 heterocycles. The number of ether oxygens (including phenoxy) is 1. The summed E-state index contributed by atoms with van der Waals surface area (Å²) in [6.07, 6.45) is 2.02. The van der Waals surface area contributed by atoms with E-state index in [1.54, 1.807) is 0 Å². The van der Waals surface area contributed by atoms with Gasteiger partial charge in [0.25, 0.3) is 0 Å². The van der Waals surface area contributed by atoms with Gasteiger partial charge in [0.1, 0.15) is 0 Å². The van der Waals surface area contributed by atoms with Crippen molar-refractivity contribution >= 4 is 6.03 Å². The van der Waals surface area contributed by atoms with Crippen LogP contribution in [0.1, 0.15) is 26.7 Å². The highest BCUT2D eigenvalue weighted by Crippen LogP contribution is 2.44. The normalized spacial score (nSPS) is 33.9. The lowest BCUT2D eigenvalue weighted by molar-refractivity contribution is 0.188. The van der Waals surface area contributed by atoms with Crippen molar-refractivity contribution < 1.29 is 9.53 Å². The maximum absolute atomic E-state index is 11.5. The molecule has 4 heteroatoms. The number of urea groups is 1. The van der Waals surface area contributed by atoms with Crippen LogP contribution in [0.5, 0.6) is 0 Å². The third-order valence-corrected chi connectivity index (χ3v) is 3.08. The Labute approximate surface area is 84.4 Å². The second-order valence-electron chi connectivity index (χ2n) is 4.92. The average molecular weight is 198 g/mol. The molecule has 2 fully saturated rings. The van der Waals surface area contributed by atoms with E-state index in [1.165, 1.54) is 0 Å². The minimum atomic E-state index is -0.0453. The van der Waals surface area contributed by atoms with Gasteiger partial charge in [0.05, 0.1) is 12.6 Å². The zero-order valence-electron chi connectivity index (χ0n) is 8.80. The molecule has 0 aromatic rings. The van der Waals surface area contributed by atoms with Gasteiger partial charge in [-0.3, -0.25) is 0 Å². The molecule has 2 unspecified atom stereocenters. The monoisotopic (exact) mass is 198 g/mol. The van der Waals surface area contributed by atoms with Gasteiger partial charge >= 0.3 is 6.03 Å². The van der Waals surface area contributed by atoms with Crippen molar-refractivity contribution in [2.45, 2.75) is 38.8 Å². The second kappa shape index (κ2) is 3.42. The minimum absolute atomic E-state index is 0.0453. The highest BCUT2D eigenvalue weighted by Gasteiger charge is 2.46. The fourth-order valence-corrected chi connectivity index (χ4v) is 1.75. The predicted octanol–water partition coefficient (Wildman–Crippen LogP) is 0.873. The summed E-state index contributed by atoms with van der Waals surface area (Å²) in [5.41, 5.74) is 0.295. The Morgan fingerprint density at radius 2 is 2.14 bits per heavy atom. The van der Waals surface area contributed by atoms with E-state index < -0.39 is 0 Å². The number of carbonyl (C=O) groups excluding carboxylic acids is 1. The molecule has 2 aliphatic rings. The lowest BCUT2D eigenvalue weighted by atomic mass is 10.2. The highest BCUT2D eigenvalue weighted by atomic mass is 16.5. The van der Waals surface area contributed by atoms with E-state index in [9.17, 15) is 4.79 Å². The van der Waals surface area contributed by atoms with Crippen molar-refractivity contribution in [2.24, 2.45) is 5.41 Å². The first kappa shape index (κ1) is 9.77. The van der Waals surface area contributed by atoms with E-state index >= 15 is 0 Å². The molecule has 80 valence electrons. The Bertz CT molecular complexity index is 226. The first-order valence-electron chi connectivity index (χ1n) is 5.23. The quantitative estimate of drug-likeness (QED) is 0.692. The molecule has 0 aromatic carbocycles. The molecule has 2 amide bonds. The summed E-state index contributed by atoms with van der Waals surface area (Å²) in [6.45, 7) is 5.74.